The Morgan fingerprint density at radius 1 is 1.46 bits per heavy atom. The van der Waals surface area contributed by atoms with E-state index in [1.165, 1.54) is 15.6 Å². The van der Waals surface area contributed by atoms with Crippen LogP contribution in [0.2, 0.25) is 0 Å². The third kappa shape index (κ3) is 2.59. The van der Waals surface area contributed by atoms with Crippen LogP contribution >= 0.6 is 11.3 Å². The number of hydrogen-bond donors (Lipinski definition) is 2. The van der Waals surface area contributed by atoms with E-state index in [2.05, 4.69) is 15.5 Å². The lowest BCUT2D eigenvalue weighted by Gasteiger charge is -2.25. The van der Waals surface area contributed by atoms with E-state index in [0.29, 0.717) is 23.3 Å². The van der Waals surface area contributed by atoms with Crippen molar-refractivity contribution in [2.75, 3.05) is 32.0 Å². The Morgan fingerprint density at radius 3 is 2.92 bits per heavy atom. The summed E-state index contributed by atoms with van der Waals surface area (Å²) < 4.78 is 32.0. The zero-order valence-corrected chi connectivity index (χ0v) is 14.6. The van der Waals surface area contributed by atoms with Crippen LogP contribution < -0.4 is 11.1 Å². The SMILES string of the molecule is Nc1nnc(CNC(=O)[C@@]23COC[C@@H]2CN(S(=O)(=O)C2CC2)C3)s1. The van der Waals surface area contributed by atoms with Crippen LogP contribution in [0.3, 0.4) is 0 Å². The quantitative estimate of drug-likeness (QED) is 0.690. The highest BCUT2D eigenvalue weighted by molar-refractivity contribution is 7.90. The second kappa shape index (κ2) is 5.61. The van der Waals surface area contributed by atoms with Gasteiger partial charge in [-0.1, -0.05) is 11.3 Å². The molecule has 1 aromatic heterocycles. The Labute approximate surface area is 143 Å². The molecular weight excluding hydrogens is 354 g/mol. The second-order valence-electron chi connectivity index (χ2n) is 6.62. The van der Waals surface area contributed by atoms with Crippen molar-refractivity contribution >= 4 is 32.4 Å². The largest absolute Gasteiger partial charge is 0.380 e. The van der Waals surface area contributed by atoms with Gasteiger partial charge >= 0.3 is 0 Å². The topological polar surface area (TPSA) is 128 Å². The van der Waals surface area contributed by atoms with E-state index in [-0.39, 0.29) is 36.8 Å². The number of nitrogen functional groups attached to an aromatic ring is 1. The zero-order chi connectivity index (χ0) is 16.9. The van der Waals surface area contributed by atoms with Crippen LogP contribution in [0.5, 0.6) is 0 Å². The summed E-state index contributed by atoms with van der Waals surface area (Å²) in [5.74, 6) is -0.294. The average Bonchev–Trinajstić information content (AvgIpc) is 3.04. The summed E-state index contributed by atoms with van der Waals surface area (Å²) in [6.45, 7) is 1.45. The average molecular weight is 373 g/mol. The molecule has 2 aliphatic heterocycles. The Balaban J connectivity index is 1.48. The van der Waals surface area contributed by atoms with Crippen LogP contribution in [0.25, 0.3) is 0 Å². The van der Waals surface area contributed by atoms with Gasteiger partial charge in [0, 0.05) is 19.0 Å². The van der Waals surface area contributed by atoms with Gasteiger partial charge in [-0.2, -0.15) is 0 Å². The molecule has 0 radical (unpaired) electrons. The molecule has 4 rings (SSSR count). The van der Waals surface area contributed by atoms with Gasteiger partial charge in [-0.15, -0.1) is 10.2 Å². The van der Waals surface area contributed by atoms with Crippen molar-refractivity contribution in [3.63, 3.8) is 0 Å². The van der Waals surface area contributed by atoms with Crippen LogP contribution in [0.1, 0.15) is 17.8 Å². The normalized spacial score (nSPS) is 30.4. The maximum absolute atomic E-state index is 12.8. The van der Waals surface area contributed by atoms with Crippen molar-refractivity contribution in [2.24, 2.45) is 11.3 Å². The van der Waals surface area contributed by atoms with Gasteiger partial charge in [0.2, 0.25) is 21.1 Å². The first-order chi connectivity index (χ1) is 11.4. The fraction of sp³-hybridized carbons (Fsp3) is 0.769. The van der Waals surface area contributed by atoms with Gasteiger partial charge in [0.05, 0.1) is 30.4 Å². The highest BCUT2D eigenvalue weighted by Gasteiger charge is 2.59. The van der Waals surface area contributed by atoms with E-state index >= 15 is 0 Å². The number of ether oxygens (including phenoxy) is 1. The molecule has 1 saturated carbocycles. The summed E-state index contributed by atoms with van der Waals surface area (Å²) >= 11 is 1.22. The molecule has 11 heteroatoms. The highest BCUT2D eigenvalue weighted by atomic mass is 32.2. The molecule has 24 heavy (non-hydrogen) atoms. The number of nitrogens with one attached hydrogen (secondary N) is 1. The lowest BCUT2D eigenvalue weighted by Crippen LogP contribution is -2.47. The molecule has 2 atom stereocenters. The molecule has 1 aromatic rings. The molecule has 3 aliphatic rings. The number of carbonyl (C=O) groups excluding carboxylic acids is 1. The predicted molar refractivity (Wildman–Crippen MR) is 86.4 cm³/mol. The Morgan fingerprint density at radius 2 is 2.25 bits per heavy atom. The number of nitrogens with two attached hydrogens (primary N) is 1. The van der Waals surface area contributed by atoms with Crippen LogP contribution in [0.4, 0.5) is 5.13 Å². The number of aromatic nitrogens is 2. The molecule has 0 unspecified atom stereocenters. The smallest absolute Gasteiger partial charge is 0.230 e. The van der Waals surface area contributed by atoms with E-state index in [0.717, 1.165) is 12.8 Å². The summed E-state index contributed by atoms with van der Waals surface area (Å²) in [5, 5.41) is 11.1. The van der Waals surface area contributed by atoms with Crippen molar-refractivity contribution in [3.8, 4) is 0 Å². The summed E-state index contributed by atoms with van der Waals surface area (Å²) in [4.78, 5) is 12.8. The van der Waals surface area contributed by atoms with Crippen LogP contribution in [-0.2, 0) is 26.1 Å². The van der Waals surface area contributed by atoms with E-state index in [1.54, 1.807) is 0 Å². The van der Waals surface area contributed by atoms with Crippen molar-refractivity contribution in [1.82, 2.24) is 19.8 Å². The molecule has 3 heterocycles. The first kappa shape index (κ1) is 16.2. The minimum Gasteiger partial charge on any atom is -0.380 e. The first-order valence-electron chi connectivity index (χ1n) is 7.85. The highest BCUT2D eigenvalue weighted by Crippen LogP contribution is 2.45. The van der Waals surface area contributed by atoms with Crippen molar-refractivity contribution in [3.05, 3.63) is 5.01 Å². The molecule has 0 aromatic carbocycles. The van der Waals surface area contributed by atoms with Gasteiger partial charge in [0.25, 0.3) is 0 Å². The Hall–Kier alpha value is -1.30. The maximum atomic E-state index is 12.8. The number of rotatable bonds is 5. The minimum atomic E-state index is -3.28. The summed E-state index contributed by atoms with van der Waals surface area (Å²) in [7, 11) is -3.28. The fourth-order valence-electron chi connectivity index (χ4n) is 3.45. The number of hydrogen-bond acceptors (Lipinski definition) is 8. The molecule has 1 aliphatic carbocycles. The molecule has 3 fully saturated rings. The van der Waals surface area contributed by atoms with Gasteiger partial charge in [-0.3, -0.25) is 4.79 Å². The summed E-state index contributed by atoms with van der Waals surface area (Å²) in [5.41, 5.74) is 4.72. The number of anilines is 1. The molecule has 132 valence electrons. The standard InChI is InChI=1S/C13H19N5O4S2/c14-12-17-16-10(23-12)3-15-11(19)13-6-18(4-8(13)5-22-7-13)24(20,21)9-1-2-9/h8-9H,1-7H2,(H2,14,17)(H,15,19)/t8-,13-/m0/s1. The zero-order valence-electron chi connectivity index (χ0n) is 13.0. The Kier molecular flexibility index (Phi) is 3.79. The summed E-state index contributed by atoms with van der Waals surface area (Å²) in [6.07, 6.45) is 1.44. The van der Waals surface area contributed by atoms with Crippen molar-refractivity contribution < 1.29 is 17.9 Å². The van der Waals surface area contributed by atoms with Crippen LogP contribution in [0, 0.1) is 11.3 Å². The molecule has 0 spiro atoms. The first-order valence-corrected chi connectivity index (χ1v) is 10.2. The number of amides is 1. The lowest BCUT2D eigenvalue weighted by atomic mass is 9.80. The minimum absolute atomic E-state index is 0.106. The second-order valence-corrected chi connectivity index (χ2v) is 9.93. The molecule has 2 saturated heterocycles. The van der Waals surface area contributed by atoms with Crippen LogP contribution in [0.15, 0.2) is 0 Å². The van der Waals surface area contributed by atoms with E-state index in [9.17, 15) is 13.2 Å². The van der Waals surface area contributed by atoms with E-state index < -0.39 is 15.4 Å². The number of sulfonamides is 1. The van der Waals surface area contributed by atoms with Gasteiger partial charge in [0.15, 0.2) is 0 Å². The molecular formula is C13H19N5O4S2. The molecule has 0 bridgehead atoms. The maximum Gasteiger partial charge on any atom is 0.230 e. The van der Waals surface area contributed by atoms with E-state index in [4.69, 9.17) is 10.5 Å². The third-order valence-electron chi connectivity index (χ3n) is 4.98. The number of fused-ring (bicyclic) bond motifs is 1. The van der Waals surface area contributed by atoms with Crippen LogP contribution in [-0.4, -0.2) is 60.4 Å². The molecule has 3 N–H and O–H groups in total. The third-order valence-corrected chi connectivity index (χ3v) is 8.05. The Bertz CT molecular complexity index is 762. The number of nitrogens with zero attached hydrogens (tertiary/aromatic N) is 3. The van der Waals surface area contributed by atoms with Gasteiger partial charge < -0.3 is 15.8 Å². The summed E-state index contributed by atoms with van der Waals surface area (Å²) in [6, 6.07) is 0. The van der Waals surface area contributed by atoms with Crippen molar-refractivity contribution in [2.45, 2.75) is 24.6 Å². The fourth-order valence-corrected chi connectivity index (χ4v) is 5.95. The number of carbonyl (C=O) groups is 1. The molecule has 1 amide bonds. The van der Waals surface area contributed by atoms with Gasteiger partial charge in [-0.25, -0.2) is 12.7 Å². The van der Waals surface area contributed by atoms with Gasteiger partial charge in [0.1, 0.15) is 5.01 Å². The lowest BCUT2D eigenvalue weighted by molar-refractivity contribution is -0.131. The monoisotopic (exact) mass is 373 g/mol. The molecule has 9 nitrogen and oxygen atoms in total. The van der Waals surface area contributed by atoms with E-state index in [1.807, 2.05) is 0 Å². The predicted octanol–water partition coefficient (Wildman–Crippen LogP) is -0.823. The van der Waals surface area contributed by atoms with Gasteiger partial charge in [-0.05, 0) is 12.8 Å². The van der Waals surface area contributed by atoms with Crippen molar-refractivity contribution in [1.29, 1.82) is 0 Å².